The monoisotopic (exact) mass is 407 g/mol. The Hall–Kier alpha value is -3.48. The number of carbonyl (C=O) groups excluding carboxylic acids is 1. The second kappa shape index (κ2) is 7.16. The summed E-state index contributed by atoms with van der Waals surface area (Å²) in [5.41, 5.74) is -3.41. The van der Waals surface area contributed by atoms with Gasteiger partial charge in [-0.1, -0.05) is 5.92 Å². The summed E-state index contributed by atoms with van der Waals surface area (Å²) in [5.74, 6) is 2.22. The van der Waals surface area contributed by atoms with Crippen LogP contribution in [0.5, 0.6) is 5.75 Å². The number of benzene rings is 1. The molecule has 0 bridgehead atoms. The molecule has 1 aliphatic rings. The van der Waals surface area contributed by atoms with E-state index >= 15 is 0 Å². The van der Waals surface area contributed by atoms with E-state index in [-0.39, 0.29) is 24.5 Å². The molecule has 2 aromatic rings. The van der Waals surface area contributed by atoms with E-state index < -0.39 is 35.1 Å². The zero-order valence-corrected chi connectivity index (χ0v) is 15.5. The third-order valence-electron chi connectivity index (χ3n) is 4.46. The average Bonchev–Trinajstić information content (AvgIpc) is 2.64. The summed E-state index contributed by atoms with van der Waals surface area (Å²) in [6.07, 6.45) is -0.325. The van der Waals surface area contributed by atoms with Gasteiger partial charge < -0.3 is 4.74 Å². The maximum atomic E-state index is 13.2. The van der Waals surface area contributed by atoms with Gasteiger partial charge in [-0.2, -0.15) is 13.2 Å². The van der Waals surface area contributed by atoms with E-state index in [1.165, 1.54) is 30.0 Å². The number of hydrogen-bond donors (Lipinski definition) is 0. The lowest BCUT2D eigenvalue weighted by molar-refractivity contribution is -0.144. The Morgan fingerprint density at radius 2 is 1.90 bits per heavy atom. The number of nitrogens with zero attached hydrogens (tertiary/aromatic N) is 3. The van der Waals surface area contributed by atoms with Crippen LogP contribution in [0.1, 0.15) is 19.5 Å². The molecule has 1 aliphatic heterocycles. The molecule has 10 heteroatoms. The molecule has 29 heavy (non-hydrogen) atoms. The van der Waals surface area contributed by atoms with Gasteiger partial charge in [0.2, 0.25) is 0 Å². The van der Waals surface area contributed by atoms with Crippen LogP contribution in [0.2, 0.25) is 0 Å². The molecule has 152 valence electrons. The third kappa shape index (κ3) is 3.40. The highest BCUT2D eigenvalue weighted by Gasteiger charge is 2.36. The number of halogens is 3. The van der Waals surface area contributed by atoms with Gasteiger partial charge >= 0.3 is 11.9 Å². The van der Waals surface area contributed by atoms with Gasteiger partial charge in [-0.15, -0.1) is 6.42 Å². The molecule has 1 amide bonds. The Morgan fingerprint density at radius 3 is 2.48 bits per heavy atom. The van der Waals surface area contributed by atoms with Gasteiger partial charge in [-0.3, -0.25) is 19.1 Å². The number of fused-ring (bicyclic) bond motifs is 1. The first-order valence-electron chi connectivity index (χ1n) is 8.60. The minimum atomic E-state index is -4.86. The number of aromatic nitrogens is 2. The van der Waals surface area contributed by atoms with Crippen LogP contribution in [0, 0.1) is 12.3 Å². The van der Waals surface area contributed by atoms with Crippen LogP contribution in [0.25, 0.3) is 5.69 Å². The third-order valence-corrected chi connectivity index (χ3v) is 4.46. The van der Waals surface area contributed by atoms with Gasteiger partial charge in [0.25, 0.3) is 11.5 Å². The Balaban J connectivity index is 2.24. The van der Waals surface area contributed by atoms with Crippen LogP contribution in [0.3, 0.4) is 0 Å². The summed E-state index contributed by atoms with van der Waals surface area (Å²) in [6, 6.07) is 4.46. The van der Waals surface area contributed by atoms with E-state index in [0.717, 1.165) is 0 Å². The molecule has 1 aromatic carbocycles. The van der Waals surface area contributed by atoms with Gasteiger partial charge in [0.05, 0.1) is 17.9 Å². The predicted octanol–water partition coefficient (Wildman–Crippen LogP) is 1.79. The lowest BCUT2D eigenvalue weighted by Gasteiger charge is -2.32. The van der Waals surface area contributed by atoms with Gasteiger partial charge in [-0.05, 0) is 32.0 Å². The number of hydrogen-bond acceptors (Lipinski definition) is 4. The zero-order chi connectivity index (χ0) is 21.5. The van der Waals surface area contributed by atoms with Crippen molar-refractivity contribution in [1.82, 2.24) is 9.13 Å². The Bertz CT molecular complexity index is 1140. The summed E-state index contributed by atoms with van der Waals surface area (Å²) >= 11 is 0. The number of terminal acetylenes is 1. The largest absolute Gasteiger partial charge is 0.479 e. The number of carbonyl (C=O) groups is 1. The Kier molecular flexibility index (Phi) is 5.00. The van der Waals surface area contributed by atoms with Crippen molar-refractivity contribution >= 4 is 11.6 Å². The van der Waals surface area contributed by atoms with E-state index in [9.17, 15) is 27.6 Å². The molecule has 1 unspecified atom stereocenters. The van der Waals surface area contributed by atoms with Gasteiger partial charge in [0.15, 0.2) is 6.10 Å². The molecule has 1 atom stereocenters. The average molecular weight is 407 g/mol. The molecule has 0 aliphatic carbocycles. The molecule has 0 saturated carbocycles. The van der Waals surface area contributed by atoms with Crippen LogP contribution < -0.4 is 20.9 Å². The topological polar surface area (TPSA) is 73.5 Å². The number of ether oxygens (including phenoxy) is 1. The summed E-state index contributed by atoms with van der Waals surface area (Å²) in [6.45, 7) is 2.54. The van der Waals surface area contributed by atoms with Crippen molar-refractivity contribution in [3.8, 4) is 23.8 Å². The summed E-state index contributed by atoms with van der Waals surface area (Å²) in [5, 5.41) is 0. The molecule has 1 aromatic heterocycles. The van der Waals surface area contributed by atoms with Crippen LogP contribution in [-0.2, 0) is 17.5 Å². The van der Waals surface area contributed by atoms with Crippen LogP contribution in [-0.4, -0.2) is 27.7 Å². The van der Waals surface area contributed by atoms with Crippen molar-refractivity contribution < 1.29 is 22.7 Å². The Labute approximate surface area is 162 Å². The second-order valence-electron chi connectivity index (χ2n) is 6.27. The molecule has 0 N–H and O–H groups in total. The molecular weight excluding hydrogens is 391 g/mol. The summed E-state index contributed by atoms with van der Waals surface area (Å²) < 4.78 is 46.1. The van der Waals surface area contributed by atoms with Gasteiger partial charge in [-0.25, -0.2) is 9.36 Å². The minimum Gasteiger partial charge on any atom is -0.479 e. The summed E-state index contributed by atoms with van der Waals surface area (Å²) in [4.78, 5) is 38.6. The summed E-state index contributed by atoms with van der Waals surface area (Å²) in [7, 11) is 0. The molecular formula is C19H16F3N3O4. The van der Waals surface area contributed by atoms with E-state index in [0.29, 0.717) is 21.0 Å². The SMILES string of the molecule is C#CCN1C(=O)C(C)Oc2ccc(-n3c(=O)cc(C(F)(F)F)n(CC)c3=O)cc21. The highest BCUT2D eigenvalue weighted by molar-refractivity contribution is 6.00. The van der Waals surface area contributed by atoms with E-state index in [4.69, 9.17) is 11.2 Å². The van der Waals surface area contributed by atoms with Gasteiger partial charge in [0.1, 0.15) is 11.4 Å². The van der Waals surface area contributed by atoms with Crippen molar-refractivity contribution in [1.29, 1.82) is 0 Å². The maximum absolute atomic E-state index is 13.2. The molecule has 0 spiro atoms. The van der Waals surface area contributed by atoms with Crippen LogP contribution in [0.15, 0.2) is 33.9 Å². The second-order valence-corrected chi connectivity index (χ2v) is 6.27. The van der Waals surface area contributed by atoms with Crippen LogP contribution in [0.4, 0.5) is 18.9 Å². The minimum absolute atomic E-state index is 0.0114. The first-order chi connectivity index (χ1) is 13.6. The fourth-order valence-electron chi connectivity index (χ4n) is 3.14. The predicted molar refractivity (Wildman–Crippen MR) is 98.3 cm³/mol. The fraction of sp³-hybridized carbons (Fsp3) is 0.316. The molecule has 2 heterocycles. The van der Waals surface area contributed by atoms with Crippen molar-refractivity contribution in [2.75, 3.05) is 11.4 Å². The Morgan fingerprint density at radius 1 is 1.21 bits per heavy atom. The zero-order valence-electron chi connectivity index (χ0n) is 15.5. The fourth-order valence-corrected chi connectivity index (χ4v) is 3.14. The first kappa shape index (κ1) is 20.3. The highest BCUT2D eigenvalue weighted by atomic mass is 19.4. The lowest BCUT2D eigenvalue weighted by Crippen LogP contribution is -2.45. The molecule has 0 saturated heterocycles. The quantitative estimate of drug-likeness (QED) is 0.728. The maximum Gasteiger partial charge on any atom is 0.431 e. The molecule has 3 rings (SSSR count). The molecule has 7 nitrogen and oxygen atoms in total. The normalized spacial score (nSPS) is 16.2. The van der Waals surface area contributed by atoms with E-state index in [1.807, 2.05) is 0 Å². The van der Waals surface area contributed by atoms with Gasteiger partial charge in [0, 0.05) is 12.6 Å². The lowest BCUT2D eigenvalue weighted by atomic mass is 10.1. The van der Waals surface area contributed by atoms with E-state index in [2.05, 4.69) is 5.92 Å². The van der Waals surface area contributed by atoms with Crippen molar-refractivity contribution in [3.05, 3.63) is 50.8 Å². The number of anilines is 1. The van der Waals surface area contributed by atoms with Crippen molar-refractivity contribution in [3.63, 3.8) is 0 Å². The number of alkyl halides is 3. The highest BCUT2D eigenvalue weighted by Crippen LogP contribution is 2.35. The van der Waals surface area contributed by atoms with Crippen molar-refractivity contribution in [2.24, 2.45) is 0 Å². The smallest absolute Gasteiger partial charge is 0.431 e. The first-order valence-corrected chi connectivity index (χ1v) is 8.60. The van der Waals surface area contributed by atoms with Crippen molar-refractivity contribution in [2.45, 2.75) is 32.7 Å². The number of amides is 1. The van der Waals surface area contributed by atoms with Crippen LogP contribution >= 0.6 is 0 Å². The molecule has 0 fully saturated rings. The standard InChI is InChI=1S/C19H16F3N3O4/c1-4-8-24-13-9-12(6-7-14(13)29-11(3)17(24)27)25-16(26)10-15(19(20,21)22)23(5-2)18(25)28/h1,6-7,9-11H,5,8H2,2-3H3. The molecule has 0 radical (unpaired) electrons. The number of rotatable bonds is 3. The van der Waals surface area contributed by atoms with E-state index in [1.54, 1.807) is 6.92 Å².